The van der Waals surface area contributed by atoms with Crippen LogP contribution < -0.4 is 0 Å². The number of hydrogen-bond acceptors (Lipinski definition) is 3. The Bertz CT molecular complexity index is 439. The minimum Gasteiger partial charge on any atom is -0.463 e. The number of halogens is 1. The first-order valence-corrected chi connectivity index (χ1v) is 6.93. The number of hydrogen-bond donors (Lipinski definition) is 0. The largest absolute Gasteiger partial charge is 0.463 e. The molecule has 18 heavy (non-hydrogen) atoms. The summed E-state index contributed by atoms with van der Waals surface area (Å²) in [4.78, 5) is 10.7. The topological polar surface area (TPSA) is 35.5 Å². The summed E-state index contributed by atoms with van der Waals surface area (Å²) in [6, 6.07) is 8.40. The molecule has 0 saturated carbocycles. The van der Waals surface area contributed by atoms with Gasteiger partial charge in [0.2, 0.25) is 0 Å². The zero-order valence-corrected chi connectivity index (χ0v) is 12.3. The molecule has 0 unspecified atom stereocenters. The molecule has 0 radical (unpaired) electrons. The van der Waals surface area contributed by atoms with Crippen LogP contribution in [0, 0.1) is 3.57 Å². The van der Waals surface area contributed by atoms with E-state index in [2.05, 4.69) is 46.9 Å². The van der Waals surface area contributed by atoms with Gasteiger partial charge in [-0.2, -0.15) is 0 Å². The van der Waals surface area contributed by atoms with Gasteiger partial charge in [0, 0.05) is 16.9 Å². The lowest BCUT2D eigenvalue weighted by atomic mass is 10.1. The lowest BCUT2D eigenvalue weighted by Gasteiger charge is -2.14. The smallest absolute Gasteiger partial charge is 0.302 e. The molecule has 1 aliphatic rings. The first-order chi connectivity index (χ1) is 8.63. The van der Waals surface area contributed by atoms with E-state index in [0.29, 0.717) is 6.61 Å². The number of carbonyl (C=O) groups excluding carboxylic acids is 1. The van der Waals surface area contributed by atoms with Crippen LogP contribution in [0.1, 0.15) is 12.5 Å². The van der Waals surface area contributed by atoms with Gasteiger partial charge in [-0.1, -0.05) is 24.3 Å². The molecule has 0 bridgehead atoms. The first-order valence-electron chi connectivity index (χ1n) is 5.85. The van der Waals surface area contributed by atoms with Crippen LogP contribution in [0.15, 0.2) is 36.4 Å². The van der Waals surface area contributed by atoms with Crippen molar-refractivity contribution >= 4 is 28.6 Å². The van der Waals surface area contributed by atoms with E-state index in [4.69, 9.17) is 9.47 Å². The summed E-state index contributed by atoms with van der Waals surface area (Å²) in [7, 11) is 0. The number of esters is 1. The van der Waals surface area contributed by atoms with Crippen LogP contribution in [0.4, 0.5) is 0 Å². The van der Waals surface area contributed by atoms with E-state index in [1.54, 1.807) is 0 Å². The Balaban J connectivity index is 1.81. The Kier molecular flexibility index (Phi) is 4.77. The SMILES string of the molecule is CC(=O)OC[C@@H]1C=C[C@@H](Cc2ccc(I)cc2)O1. The molecule has 1 aromatic carbocycles. The zero-order chi connectivity index (χ0) is 13.0. The Hall–Kier alpha value is -0.880. The van der Waals surface area contributed by atoms with Crippen LogP contribution in [0.25, 0.3) is 0 Å². The van der Waals surface area contributed by atoms with E-state index in [9.17, 15) is 4.79 Å². The fraction of sp³-hybridized carbons (Fsp3) is 0.357. The zero-order valence-electron chi connectivity index (χ0n) is 10.1. The van der Waals surface area contributed by atoms with Gasteiger partial charge in [0.1, 0.15) is 12.7 Å². The minimum atomic E-state index is -0.270. The van der Waals surface area contributed by atoms with Crippen LogP contribution >= 0.6 is 22.6 Å². The number of benzene rings is 1. The fourth-order valence-electron chi connectivity index (χ4n) is 1.83. The first kappa shape index (κ1) is 13.5. The van der Waals surface area contributed by atoms with Crippen molar-refractivity contribution in [3.8, 4) is 0 Å². The monoisotopic (exact) mass is 358 g/mol. The van der Waals surface area contributed by atoms with E-state index >= 15 is 0 Å². The van der Waals surface area contributed by atoms with Crippen LogP contribution in [0.3, 0.4) is 0 Å². The van der Waals surface area contributed by atoms with Crippen molar-refractivity contribution in [2.45, 2.75) is 25.6 Å². The summed E-state index contributed by atoms with van der Waals surface area (Å²) in [6.07, 6.45) is 4.81. The van der Waals surface area contributed by atoms with Crippen molar-refractivity contribution in [2.75, 3.05) is 6.61 Å². The van der Waals surface area contributed by atoms with Crippen molar-refractivity contribution in [3.05, 3.63) is 45.6 Å². The quantitative estimate of drug-likeness (QED) is 0.472. The van der Waals surface area contributed by atoms with Gasteiger partial charge in [-0.25, -0.2) is 0 Å². The molecule has 0 N–H and O–H groups in total. The van der Waals surface area contributed by atoms with Gasteiger partial charge >= 0.3 is 5.97 Å². The highest BCUT2D eigenvalue weighted by atomic mass is 127. The lowest BCUT2D eigenvalue weighted by Crippen LogP contribution is -2.20. The maximum Gasteiger partial charge on any atom is 0.302 e. The van der Waals surface area contributed by atoms with Gasteiger partial charge in [-0.05, 0) is 40.3 Å². The van der Waals surface area contributed by atoms with E-state index < -0.39 is 0 Å². The summed E-state index contributed by atoms with van der Waals surface area (Å²) in [5.74, 6) is -0.270. The van der Waals surface area contributed by atoms with Crippen LogP contribution in [-0.4, -0.2) is 24.8 Å². The molecular formula is C14H15IO3. The highest BCUT2D eigenvalue weighted by Crippen LogP contribution is 2.17. The number of ether oxygens (including phenoxy) is 2. The van der Waals surface area contributed by atoms with Crippen molar-refractivity contribution in [1.29, 1.82) is 0 Å². The second-order valence-electron chi connectivity index (χ2n) is 4.23. The molecule has 1 aromatic rings. The van der Waals surface area contributed by atoms with E-state index in [0.717, 1.165) is 6.42 Å². The van der Waals surface area contributed by atoms with Crippen molar-refractivity contribution in [3.63, 3.8) is 0 Å². The second kappa shape index (κ2) is 6.33. The fourth-order valence-corrected chi connectivity index (χ4v) is 2.19. The van der Waals surface area contributed by atoms with Gasteiger partial charge in [0.15, 0.2) is 0 Å². The predicted octanol–water partition coefficient (Wildman–Crippen LogP) is 2.72. The molecular weight excluding hydrogens is 343 g/mol. The molecule has 0 aliphatic carbocycles. The average Bonchev–Trinajstić information content (AvgIpc) is 2.77. The normalized spacial score (nSPS) is 22.1. The lowest BCUT2D eigenvalue weighted by molar-refractivity contribution is -0.144. The third-order valence-electron chi connectivity index (χ3n) is 2.69. The van der Waals surface area contributed by atoms with Gasteiger partial charge in [-0.15, -0.1) is 0 Å². The minimum absolute atomic E-state index is 0.0746. The molecule has 96 valence electrons. The Morgan fingerprint density at radius 1 is 1.28 bits per heavy atom. The van der Waals surface area contributed by atoms with Crippen molar-refractivity contribution < 1.29 is 14.3 Å². The van der Waals surface area contributed by atoms with Crippen LogP contribution in [0.5, 0.6) is 0 Å². The van der Waals surface area contributed by atoms with E-state index in [1.165, 1.54) is 16.1 Å². The molecule has 0 saturated heterocycles. The molecule has 0 fully saturated rings. The summed E-state index contributed by atoms with van der Waals surface area (Å²) in [5, 5.41) is 0. The molecule has 2 atom stereocenters. The third kappa shape index (κ3) is 4.10. The Morgan fingerprint density at radius 3 is 2.61 bits per heavy atom. The molecule has 3 nitrogen and oxygen atoms in total. The van der Waals surface area contributed by atoms with Crippen molar-refractivity contribution in [1.82, 2.24) is 0 Å². The number of rotatable bonds is 4. The summed E-state index contributed by atoms with van der Waals surface area (Å²) >= 11 is 2.29. The molecule has 2 rings (SSSR count). The van der Waals surface area contributed by atoms with Gasteiger partial charge in [-0.3, -0.25) is 4.79 Å². The van der Waals surface area contributed by atoms with Gasteiger partial charge in [0.25, 0.3) is 0 Å². The highest BCUT2D eigenvalue weighted by molar-refractivity contribution is 14.1. The summed E-state index contributed by atoms with van der Waals surface area (Å²) in [5.41, 5.74) is 1.25. The standard InChI is InChI=1S/C14H15IO3/c1-10(16)17-9-14-7-6-13(18-14)8-11-2-4-12(15)5-3-11/h2-7,13-14H,8-9H2,1H3/t13-,14-/m0/s1. The maximum absolute atomic E-state index is 10.7. The maximum atomic E-state index is 10.7. The summed E-state index contributed by atoms with van der Waals surface area (Å²) in [6.45, 7) is 1.71. The second-order valence-corrected chi connectivity index (χ2v) is 5.48. The van der Waals surface area contributed by atoms with E-state index in [-0.39, 0.29) is 18.2 Å². The molecule has 1 heterocycles. The molecule has 1 aliphatic heterocycles. The molecule has 0 aromatic heterocycles. The van der Waals surface area contributed by atoms with Gasteiger partial charge in [0.05, 0.1) is 6.10 Å². The van der Waals surface area contributed by atoms with Gasteiger partial charge < -0.3 is 9.47 Å². The number of carbonyl (C=O) groups is 1. The van der Waals surface area contributed by atoms with Crippen LogP contribution in [0.2, 0.25) is 0 Å². The molecule has 0 spiro atoms. The predicted molar refractivity (Wildman–Crippen MR) is 77.3 cm³/mol. The Morgan fingerprint density at radius 2 is 1.94 bits per heavy atom. The summed E-state index contributed by atoms with van der Waals surface area (Å²) < 4.78 is 11.9. The Labute approximate surface area is 120 Å². The average molecular weight is 358 g/mol. The van der Waals surface area contributed by atoms with E-state index in [1.807, 2.05) is 12.2 Å². The molecule has 4 heteroatoms. The van der Waals surface area contributed by atoms with Crippen LogP contribution in [-0.2, 0) is 20.7 Å². The highest BCUT2D eigenvalue weighted by Gasteiger charge is 2.20. The molecule has 0 amide bonds. The van der Waals surface area contributed by atoms with Crippen molar-refractivity contribution in [2.24, 2.45) is 0 Å². The third-order valence-corrected chi connectivity index (χ3v) is 3.41.